The number of aromatic nitrogens is 2. The van der Waals surface area contributed by atoms with Gasteiger partial charge in [-0.05, 0) is 12.1 Å². The first-order valence-electron chi connectivity index (χ1n) is 4.92. The van der Waals surface area contributed by atoms with Gasteiger partial charge in [0, 0.05) is 25.5 Å². The van der Waals surface area contributed by atoms with E-state index in [9.17, 15) is 0 Å². The molecule has 1 saturated heterocycles. The first kappa shape index (κ1) is 9.46. The quantitative estimate of drug-likeness (QED) is 0.635. The van der Waals surface area contributed by atoms with Crippen LogP contribution >= 0.6 is 0 Å². The maximum Gasteiger partial charge on any atom is 0.354 e. The number of rotatable bonds is 2. The third-order valence-electron chi connectivity index (χ3n) is 2.36. The van der Waals surface area contributed by atoms with Crippen LogP contribution in [0.5, 0.6) is 0 Å². The van der Waals surface area contributed by atoms with Crippen molar-refractivity contribution in [3.8, 4) is 0 Å². The van der Waals surface area contributed by atoms with Crippen LogP contribution in [0.25, 0.3) is 0 Å². The van der Waals surface area contributed by atoms with Gasteiger partial charge in [0.25, 0.3) is 0 Å². The molecule has 0 N–H and O–H groups in total. The highest BCUT2D eigenvalue weighted by Gasteiger charge is 2.25. The standard InChI is InChI=1S/C9H14BN4/c1-8(2)13-6-7-14(10-13)9-11-4-3-5-12-9/h3-5,8H,6-7H2,1-2H3. The maximum atomic E-state index is 4.21. The summed E-state index contributed by atoms with van der Waals surface area (Å²) in [6, 6.07) is 2.38. The highest BCUT2D eigenvalue weighted by molar-refractivity contribution is 6.39. The molecular weight excluding hydrogens is 175 g/mol. The predicted molar refractivity (Wildman–Crippen MR) is 57.0 cm³/mol. The van der Waals surface area contributed by atoms with Crippen molar-refractivity contribution in [1.29, 1.82) is 0 Å². The van der Waals surface area contributed by atoms with Crippen LogP contribution in [-0.2, 0) is 0 Å². The highest BCUT2D eigenvalue weighted by Crippen LogP contribution is 2.11. The molecule has 2 rings (SSSR count). The van der Waals surface area contributed by atoms with Crippen molar-refractivity contribution in [3.05, 3.63) is 18.5 Å². The number of hydrogen-bond acceptors (Lipinski definition) is 4. The van der Waals surface area contributed by atoms with Crippen LogP contribution in [0.4, 0.5) is 5.95 Å². The van der Waals surface area contributed by atoms with Gasteiger partial charge >= 0.3 is 7.55 Å². The zero-order valence-corrected chi connectivity index (χ0v) is 8.59. The number of hydrogen-bond donors (Lipinski definition) is 0. The molecule has 0 aromatic carbocycles. The third kappa shape index (κ3) is 1.87. The Balaban J connectivity index is 2.03. The van der Waals surface area contributed by atoms with E-state index in [1.807, 2.05) is 6.07 Å². The van der Waals surface area contributed by atoms with Crippen molar-refractivity contribution >= 4 is 13.5 Å². The molecule has 73 valence electrons. The average molecular weight is 189 g/mol. The van der Waals surface area contributed by atoms with Crippen molar-refractivity contribution in [1.82, 2.24) is 14.8 Å². The summed E-state index contributed by atoms with van der Waals surface area (Å²) < 4.78 is 0. The summed E-state index contributed by atoms with van der Waals surface area (Å²) in [5, 5.41) is 0. The summed E-state index contributed by atoms with van der Waals surface area (Å²) in [6.45, 7) is 6.40. The Hall–Kier alpha value is -1.10. The third-order valence-corrected chi connectivity index (χ3v) is 2.36. The van der Waals surface area contributed by atoms with Gasteiger partial charge in [0.05, 0.1) is 0 Å². The van der Waals surface area contributed by atoms with Gasteiger partial charge in [-0.3, -0.25) is 0 Å². The van der Waals surface area contributed by atoms with E-state index in [0.29, 0.717) is 6.04 Å². The molecule has 1 aromatic rings. The summed E-state index contributed by atoms with van der Waals surface area (Å²) >= 11 is 0. The molecule has 14 heavy (non-hydrogen) atoms. The van der Waals surface area contributed by atoms with Crippen molar-refractivity contribution < 1.29 is 0 Å². The zero-order valence-electron chi connectivity index (χ0n) is 8.59. The van der Waals surface area contributed by atoms with E-state index in [0.717, 1.165) is 19.0 Å². The lowest BCUT2D eigenvalue weighted by molar-refractivity contribution is 0.405. The predicted octanol–water partition coefficient (Wildman–Crippen LogP) is 0.541. The Morgan fingerprint density at radius 1 is 1.29 bits per heavy atom. The summed E-state index contributed by atoms with van der Waals surface area (Å²) in [7, 11) is 2.10. The van der Waals surface area contributed by atoms with Crippen LogP contribution in [0.3, 0.4) is 0 Å². The normalized spacial score (nSPS) is 17.5. The molecule has 0 saturated carbocycles. The topological polar surface area (TPSA) is 32.3 Å². The second kappa shape index (κ2) is 3.96. The van der Waals surface area contributed by atoms with Gasteiger partial charge in [0.2, 0.25) is 5.95 Å². The molecule has 5 heteroatoms. The number of nitrogens with zero attached hydrogens (tertiary/aromatic N) is 4. The van der Waals surface area contributed by atoms with E-state index in [2.05, 4.69) is 41.0 Å². The molecule has 4 nitrogen and oxygen atoms in total. The zero-order chi connectivity index (χ0) is 9.97. The maximum absolute atomic E-state index is 4.21. The molecule has 0 unspecified atom stereocenters. The van der Waals surface area contributed by atoms with Gasteiger partial charge < -0.3 is 9.62 Å². The van der Waals surface area contributed by atoms with Crippen molar-refractivity contribution in [2.24, 2.45) is 0 Å². The summed E-state index contributed by atoms with van der Waals surface area (Å²) in [6.07, 6.45) is 3.54. The van der Waals surface area contributed by atoms with E-state index >= 15 is 0 Å². The Morgan fingerprint density at radius 3 is 2.57 bits per heavy atom. The minimum absolute atomic E-state index is 0.545. The SMILES string of the molecule is CC(C)N1[B]N(c2ncccn2)CC1. The second-order valence-electron chi connectivity index (χ2n) is 3.69. The Morgan fingerprint density at radius 2 is 2.00 bits per heavy atom. The van der Waals surface area contributed by atoms with Gasteiger partial charge in [-0.15, -0.1) is 0 Å². The molecule has 0 amide bonds. The lowest BCUT2D eigenvalue weighted by Crippen LogP contribution is -2.35. The van der Waals surface area contributed by atoms with Crippen LogP contribution in [-0.4, -0.2) is 41.5 Å². The first-order valence-corrected chi connectivity index (χ1v) is 4.92. The molecule has 0 spiro atoms. The van der Waals surface area contributed by atoms with Crippen LogP contribution in [0.15, 0.2) is 18.5 Å². The van der Waals surface area contributed by atoms with Crippen molar-refractivity contribution in [3.63, 3.8) is 0 Å². The monoisotopic (exact) mass is 189 g/mol. The fourth-order valence-electron chi connectivity index (χ4n) is 1.50. The lowest BCUT2D eigenvalue weighted by atomic mass is 10.1. The van der Waals surface area contributed by atoms with E-state index in [1.54, 1.807) is 12.4 Å². The molecule has 2 heterocycles. The molecule has 1 fully saturated rings. The minimum atomic E-state index is 0.545. The summed E-state index contributed by atoms with van der Waals surface area (Å²) in [4.78, 5) is 12.8. The molecule has 0 bridgehead atoms. The fourth-order valence-corrected chi connectivity index (χ4v) is 1.50. The highest BCUT2D eigenvalue weighted by atomic mass is 15.3. The smallest absolute Gasteiger partial charge is 0.354 e. The Bertz CT molecular complexity index is 290. The fraction of sp³-hybridized carbons (Fsp3) is 0.556. The first-order chi connectivity index (χ1) is 6.77. The van der Waals surface area contributed by atoms with Crippen LogP contribution in [0, 0.1) is 0 Å². The Labute approximate surface area is 85.2 Å². The van der Waals surface area contributed by atoms with E-state index in [1.165, 1.54) is 0 Å². The molecule has 1 aliphatic rings. The van der Waals surface area contributed by atoms with Crippen LogP contribution in [0.1, 0.15) is 13.8 Å². The molecular formula is C9H14BN4. The van der Waals surface area contributed by atoms with E-state index in [4.69, 9.17) is 0 Å². The summed E-state index contributed by atoms with van der Waals surface area (Å²) in [5.41, 5.74) is 0. The van der Waals surface area contributed by atoms with E-state index < -0.39 is 0 Å². The van der Waals surface area contributed by atoms with Gasteiger partial charge in [-0.1, -0.05) is 13.8 Å². The second-order valence-corrected chi connectivity index (χ2v) is 3.69. The lowest BCUT2D eigenvalue weighted by Gasteiger charge is -2.18. The van der Waals surface area contributed by atoms with Crippen molar-refractivity contribution in [2.75, 3.05) is 17.9 Å². The van der Waals surface area contributed by atoms with Crippen molar-refractivity contribution in [2.45, 2.75) is 19.9 Å². The molecule has 0 atom stereocenters. The summed E-state index contributed by atoms with van der Waals surface area (Å²) in [5.74, 6) is 0.788. The molecule has 1 radical (unpaired) electrons. The van der Waals surface area contributed by atoms with Gasteiger partial charge in [0.1, 0.15) is 0 Å². The van der Waals surface area contributed by atoms with Crippen LogP contribution in [0.2, 0.25) is 0 Å². The van der Waals surface area contributed by atoms with Crippen LogP contribution < -0.4 is 4.81 Å². The number of anilines is 1. The molecule has 1 aliphatic heterocycles. The van der Waals surface area contributed by atoms with E-state index in [-0.39, 0.29) is 0 Å². The van der Waals surface area contributed by atoms with Gasteiger partial charge in [-0.25, -0.2) is 9.97 Å². The largest absolute Gasteiger partial charge is 0.372 e. The van der Waals surface area contributed by atoms with Gasteiger partial charge in [0.15, 0.2) is 0 Å². The molecule has 0 aliphatic carbocycles. The average Bonchev–Trinajstić information content (AvgIpc) is 2.68. The molecule has 1 aromatic heterocycles. The Kier molecular flexibility index (Phi) is 2.68. The van der Waals surface area contributed by atoms with Gasteiger partial charge in [-0.2, -0.15) is 0 Å². The minimum Gasteiger partial charge on any atom is -0.372 e.